The Hall–Kier alpha value is -0.440. The fraction of sp³-hybridized carbons (Fsp3) is 0.455. The maximum absolute atomic E-state index is 9.67. The van der Waals surface area contributed by atoms with Crippen molar-refractivity contribution in [1.82, 2.24) is 0 Å². The molecular formula is C11H14Cl2O2. The highest BCUT2D eigenvalue weighted by Gasteiger charge is 2.13. The molecule has 0 fully saturated rings. The molecule has 1 aromatic carbocycles. The monoisotopic (exact) mass is 248 g/mol. The van der Waals surface area contributed by atoms with Gasteiger partial charge in [0.1, 0.15) is 5.75 Å². The van der Waals surface area contributed by atoms with E-state index in [4.69, 9.17) is 27.9 Å². The van der Waals surface area contributed by atoms with Crippen molar-refractivity contribution < 1.29 is 9.84 Å². The molecule has 0 amide bonds. The maximum Gasteiger partial charge on any atom is 0.139 e. The Morgan fingerprint density at radius 2 is 1.93 bits per heavy atom. The van der Waals surface area contributed by atoms with Gasteiger partial charge in [-0.15, -0.1) is 0 Å². The molecule has 2 nitrogen and oxygen atoms in total. The van der Waals surface area contributed by atoms with Crippen LogP contribution in [0.4, 0.5) is 0 Å². The lowest BCUT2D eigenvalue weighted by Gasteiger charge is -2.13. The van der Waals surface area contributed by atoms with Crippen LogP contribution in [0.25, 0.3) is 0 Å². The van der Waals surface area contributed by atoms with Crippen molar-refractivity contribution in [3.8, 4) is 5.75 Å². The molecule has 1 atom stereocenters. The molecule has 0 saturated heterocycles. The highest BCUT2D eigenvalue weighted by Crippen LogP contribution is 2.34. The zero-order valence-corrected chi connectivity index (χ0v) is 10.3. The SMILES string of the molecule is CCOc1cc(Cl)c(C(O)CC)cc1Cl. The summed E-state index contributed by atoms with van der Waals surface area (Å²) in [5.41, 5.74) is 0.646. The van der Waals surface area contributed by atoms with Gasteiger partial charge in [-0.05, 0) is 19.4 Å². The summed E-state index contributed by atoms with van der Waals surface area (Å²) in [7, 11) is 0. The van der Waals surface area contributed by atoms with Crippen LogP contribution in [0.5, 0.6) is 5.75 Å². The molecule has 0 aliphatic heterocycles. The predicted molar refractivity (Wildman–Crippen MR) is 62.9 cm³/mol. The van der Waals surface area contributed by atoms with Crippen molar-refractivity contribution in [2.45, 2.75) is 26.4 Å². The number of rotatable bonds is 4. The standard InChI is InChI=1S/C11H14Cl2O2/c1-3-10(14)7-5-9(13)11(15-4-2)6-8(7)12/h5-6,10,14H,3-4H2,1-2H3. The minimum absolute atomic E-state index is 0.476. The van der Waals surface area contributed by atoms with E-state index in [1.54, 1.807) is 12.1 Å². The molecule has 0 heterocycles. The molecule has 84 valence electrons. The second kappa shape index (κ2) is 5.59. The number of benzene rings is 1. The lowest BCUT2D eigenvalue weighted by molar-refractivity contribution is 0.173. The molecule has 1 aromatic rings. The van der Waals surface area contributed by atoms with Crippen LogP contribution in [0.1, 0.15) is 31.9 Å². The number of aliphatic hydroxyl groups excluding tert-OH is 1. The first kappa shape index (κ1) is 12.6. The number of hydrogen-bond donors (Lipinski definition) is 1. The average molecular weight is 249 g/mol. The molecule has 0 aromatic heterocycles. The number of ether oxygens (including phenoxy) is 1. The van der Waals surface area contributed by atoms with Gasteiger partial charge in [0.15, 0.2) is 0 Å². The van der Waals surface area contributed by atoms with Crippen molar-refractivity contribution in [2.75, 3.05) is 6.61 Å². The molecule has 0 spiro atoms. The van der Waals surface area contributed by atoms with E-state index in [0.29, 0.717) is 34.4 Å². The Morgan fingerprint density at radius 1 is 1.27 bits per heavy atom. The van der Waals surface area contributed by atoms with Gasteiger partial charge in [-0.25, -0.2) is 0 Å². The lowest BCUT2D eigenvalue weighted by Crippen LogP contribution is -1.98. The first-order valence-corrected chi connectivity index (χ1v) is 5.65. The first-order valence-electron chi connectivity index (χ1n) is 4.89. The van der Waals surface area contributed by atoms with Crippen LogP contribution < -0.4 is 4.74 Å². The van der Waals surface area contributed by atoms with Gasteiger partial charge in [-0.1, -0.05) is 30.1 Å². The Morgan fingerprint density at radius 3 is 2.47 bits per heavy atom. The summed E-state index contributed by atoms with van der Waals surface area (Å²) in [4.78, 5) is 0. The largest absolute Gasteiger partial charge is 0.492 e. The number of halogens is 2. The van der Waals surface area contributed by atoms with E-state index in [9.17, 15) is 5.11 Å². The highest BCUT2D eigenvalue weighted by molar-refractivity contribution is 6.34. The minimum atomic E-state index is -0.578. The van der Waals surface area contributed by atoms with E-state index >= 15 is 0 Å². The Labute approximate surface area is 99.8 Å². The molecule has 0 aliphatic carbocycles. The van der Waals surface area contributed by atoms with Gasteiger partial charge in [0.25, 0.3) is 0 Å². The molecule has 0 saturated carbocycles. The summed E-state index contributed by atoms with van der Waals surface area (Å²) < 4.78 is 5.29. The second-order valence-corrected chi connectivity index (χ2v) is 3.98. The van der Waals surface area contributed by atoms with E-state index in [1.165, 1.54) is 0 Å². The van der Waals surface area contributed by atoms with Crippen molar-refractivity contribution in [1.29, 1.82) is 0 Å². The maximum atomic E-state index is 9.67. The third kappa shape index (κ3) is 3.00. The van der Waals surface area contributed by atoms with Crippen LogP contribution in [0.3, 0.4) is 0 Å². The molecular weight excluding hydrogens is 235 g/mol. The molecule has 15 heavy (non-hydrogen) atoms. The topological polar surface area (TPSA) is 29.5 Å². The summed E-state index contributed by atoms with van der Waals surface area (Å²) in [6.45, 7) is 4.29. The highest BCUT2D eigenvalue weighted by atomic mass is 35.5. The van der Waals surface area contributed by atoms with E-state index in [2.05, 4.69) is 0 Å². The van der Waals surface area contributed by atoms with Gasteiger partial charge >= 0.3 is 0 Å². The van der Waals surface area contributed by atoms with Crippen LogP contribution in [0.2, 0.25) is 10.0 Å². The smallest absolute Gasteiger partial charge is 0.139 e. The van der Waals surface area contributed by atoms with E-state index in [0.717, 1.165) is 0 Å². The quantitative estimate of drug-likeness (QED) is 0.878. The summed E-state index contributed by atoms with van der Waals surface area (Å²) in [6.07, 6.45) is 0.0231. The number of aliphatic hydroxyl groups is 1. The van der Waals surface area contributed by atoms with E-state index in [-0.39, 0.29) is 0 Å². The zero-order chi connectivity index (χ0) is 11.4. The molecule has 4 heteroatoms. The third-order valence-electron chi connectivity index (χ3n) is 2.10. The molecule has 0 aliphatic rings. The normalized spacial score (nSPS) is 12.6. The first-order chi connectivity index (χ1) is 7.10. The van der Waals surface area contributed by atoms with Gasteiger partial charge in [0.2, 0.25) is 0 Å². The Kier molecular flexibility index (Phi) is 4.71. The zero-order valence-electron chi connectivity index (χ0n) is 8.76. The molecule has 1 rings (SSSR count). The molecule has 1 unspecified atom stereocenters. The summed E-state index contributed by atoms with van der Waals surface area (Å²) >= 11 is 12.0. The van der Waals surface area contributed by atoms with Crippen molar-refractivity contribution in [3.05, 3.63) is 27.7 Å². The fourth-order valence-corrected chi connectivity index (χ4v) is 1.79. The van der Waals surface area contributed by atoms with Gasteiger partial charge in [0.05, 0.1) is 22.8 Å². The summed E-state index contributed by atoms with van der Waals surface area (Å²) in [5, 5.41) is 10.6. The fourth-order valence-electron chi connectivity index (χ4n) is 1.29. The van der Waals surface area contributed by atoms with Crippen LogP contribution >= 0.6 is 23.2 Å². The van der Waals surface area contributed by atoms with Gasteiger partial charge < -0.3 is 9.84 Å². The van der Waals surface area contributed by atoms with E-state index in [1.807, 2.05) is 13.8 Å². The van der Waals surface area contributed by atoms with Gasteiger partial charge in [0, 0.05) is 11.6 Å². The Bertz CT molecular complexity index is 340. The summed E-state index contributed by atoms with van der Waals surface area (Å²) in [6, 6.07) is 3.30. The van der Waals surface area contributed by atoms with Gasteiger partial charge in [-0.2, -0.15) is 0 Å². The Balaban J connectivity index is 3.07. The minimum Gasteiger partial charge on any atom is -0.492 e. The average Bonchev–Trinajstić information content (AvgIpc) is 2.22. The molecule has 1 N–H and O–H groups in total. The molecule has 0 radical (unpaired) electrons. The van der Waals surface area contributed by atoms with Crippen LogP contribution in [-0.2, 0) is 0 Å². The van der Waals surface area contributed by atoms with Crippen LogP contribution in [0, 0.1) is 0 Å². The lowest BCUT2D eigenvalue weighted by atomic mass is 10.1. The van der Waals surface area contributed by atoms with Crippen LogP contribution in [0.15, 0.2) is 12.1 Å². The third-order valence-corrected chi connectivity index (χ3v) is 2.72. The van der Waals surface area contributed by atoms with E-state index < -0.39 is 6.10 Å². The van der Waals surface area contributed by atoms with Gasteiger partial charge in [-0.3, -0.25) is 0 Å². The van der Waals surface area contributed by atoms with Crippen molar-refractivity contribution in [2.24, 2.45) is 0 Å². The number of hydrogen-bond acceptors (Lipinski definition) is 2. The molecule has 0 bridgehead atoms. The van der Waals surface area contributed by atoms with Crippen molar-refractivity contribution in [3.63, 3.8) is 0 Å². The van der Waals surface area contributed by atoms with Crippen molar-refractivity contribution >= 4 is 23.2 Å². The predicted octanol–water partition coefficient (Wildman–Crippen LogP) is 3.84. The second-order valence-electron chi connectivity index (χ2n) is 3.16. The van der Waals surface area contributed by atoms with Crippen LogP contribution in [-0.4, -0.2) is 11.7 Å². The summed E-state index contributed by atoms with van der Waals surface area (Å²) in [5.74, 6) is 0.552.